The van der Waals surface area contributed by atoms with Gasteiger partial charge in [-0.05, 0) is 40.5 Å². The third-order valence-electron chi connectivity index (χ3n) is 2.80. The Kier molecular flexibility index (Phi) is 5.30. The average Bonchev–Trinajstić information content (AvgIpc) is 2.47. The summed E-state index contributed by atoms with van der Waals surface area (Å²) in [6, 6.07) is 13.4. The van der Waals surface area contributed by atoms with Gasteiger partial charge in [-0.3, -0.25) is 0 Å². The Balaban J connectivity index is 2.09. The maximum atomic E-state index is 5.86. The normalized spacial score (nSPS) is 10.3. The van der Waals surface area contributed by atoms with Crippen molar-refractivity contribution in [1.29, 1.82) is 0 Å². The van der Waals surface area contributed by atoms with E-state index in [0.717, 1.165) is 28.0 Å². The van der Waals surface area contributed by atoms with Gasteiger partial charge >= 0.3 is 0 Å². The molecule has 2 aromatic rings. The maximum Gasteiger partial charge on any atom is 0.161 e. The van der Waals surface area contributed by atoms with Crippen LogP contribution in [0.3, 0.4) is 0 Å². The second-order valence-electron chi connectivity index (χ2n) is 4.40. The third kappa shape index (κ3) is 3.67. The van der Waals surface area contributed by atoms with Crippen molar-refractivity contribution in [2.45, 2.75) is 20.0 Å². The summed E-state index contributed by atoms with van der Waals surface area (Å²) in [7, 11) is 0. The van der Waals surface area contributed by atoms with E-state index >= 15 is 0 Å². The predicted molar refractivity (Wildman–Crippen MR) is 85.1 cm³/mol. The van der Waals surface area contributed by atoms with Crippen LogP contribution >= 0.6 is 15.9 Å². The number of anilines is 1. The van der Waals surface area contributed by atoms with Gasteiger partial charge in [0.25, 0.3) is 0 Å². The molecule has 0 bridgehead atoms. The molecule has 0 amide bonds. The Hall–Kier alpha value is -1.68. The smallest absolute Gasteiger partial charge is 0.161 e. The number of halogens is 1. The van der Waals surface area contributed by atoms with Gasteiger partial charge in [-0.1, -0.05) is 31.2 Å². The summed E-state index contributed by atoms with van der Waals surface area (Å²) in [4.78, 5) is 0. The van der Waals surface area contributed by atoms with Crippen molar-refractivity contribution >= 4 is 21.6 Å². The van der Waals surface area contributed by atoms with E-state index in [9.17, 15) is 0 Å². The highest BCUT2D eigenvalue weighted by atomic mass is 79.9. The van der Waals surface area contributed by atoms with Crippen LogP contribution in [0.5, 0.6) is 11.5 Å². The Morgan fingerprint density at radius 3 is 2.40 bits per heavy atom. The van der Waals surface area contributed by atoms with E-state index in [1.807, 2.05) is 42.5 Å². The van der Waals surface area contributed by atoms with E-state index in [1.54, 1.807) is 0 Å². The zero-order valence-corrected chi connectivity index (χ0v) is 13.0. The number of rotatable bonds is 6. The molecule has 2 rings (SSSR count). The van der Waals surface area contributed by atoms with Crippen LogP contribution in [-0.4, -0.2) is 6.61 Å². The molecule has 0 aromatic heterocycles. The third-order valence-corrected chi connectivity index (χ3v) is 3.77. The fraction of sp³-hybridized carbons (Fsp3) is 0.250. The Morgan fingerprint density at radius 2 is 1.70 bits per heavy atom. The second-order valence-corrected chi connectivity index (χ2v) is 5.20. The lowest BCUT2D eigenvalue weighted by molar-refractivity contribution is 0.261. The lowest BCUT2D eigenvalue weighted by Crippen LogP contribution is -2.02. The predicted octanol–water partition coefficient (Wildman–Crippen LogP) is 4.40. The molecule has 2 N–H and O–H groups in total. The Morgan fingerprint density at radius 1 is 1.00 bits per heavy atom. The SMILES string of the molecule is CCCOc1ccccc1OCc1cccc(N)c1Br. The van der Waals surface area contributed by atoms with E-state index < -0.39 is 0 Å². The van der Waals surface area contributed by atoms with Crippen molar-refractivity contribution in [1.82, 2.24) is 0 Å². The number of nitrogen functional groups attached to an aromatic ring is 1. The summed E-state index contributed by atoms with van der Waals surface area (Å²) in [6.07, 6.45) is 0.967. The fourth-order valence-electron chi connectivity index (χ4n) is 1.77. The zero-order valence-electron chi connectivity index (χ0n) is 11.4. The molecular formula is C16H18BrNO2. The van der Waals surface area contributed by atoms with E-state index in [0.29, 0.717) is 18.9 Å². The Bertz CT molecular complexity index is 572. The first-order chi connectivity index (χ1) is 9.72. The highest BCUT2D eigenvalue weighted by Crippen LogP contribution is 2.29. The van der Waals surface area contributed by atoms with Crippen LogP contribution in [0.2, 0.25) is 0 Å². The summed E-state index contributed by atoms with van der Waals surface area (Å²) in [6.45, 7) is 3.20. The first-order valence-corrected chi connectivity index (χ1v) is 7.39. The van der Waals surface area contributed by atoms with Crippen molar-refractivity contribution in [2.75, 3.05) is 12.3 Å². The van der Waals surface area contributed by atoms with E-state index in [2.05, 4.69) is 22.9 Å². The molecule has 0 unspecified atom stereocenters. The van der Waals surface area contributed by atoms with Gasteiger partial charge in [-0.15, -0.1) is 0 Å². The molecule has 0 radical (unpaired) electrons. The minimum atomic E-state index is 0.443. The van der Waals surface area contributed by atoms with Crippen LogP contribution in [0.4, 0.5) is 5.69 Å². The highest BCUT2D eigenvalue weighted by molar-refractivity contribution is 9.10. The molecule has 0 aliphatic rings. The fourth-order valence-corrected chi connectivity index (χ4v) is 2.15. The molecule has 106 valence electrons. The van der Waals surface area contributed by atoms with Gasteiger partial charge in [-0.2, -0.15) is 0 Å². The van der Waals surface area contributed by atoms with Crippen LogP contribution < -0.4 is 15.2 Å². The van der Waals surface area contributed by atoms with Gasteiger partial charge in [0.1, 0.15) is 6.61 Å². The number of ether oxygens (including phenoxy) is 2. The quantitative estimate of drug-likeness (QED) is 0.795. The molecule has 0 fully saturated rings. The molecule has 0 aliphatic carbocycles. The van der Waals surface area contributed by atoms with Gasteiger partial charge < -0.3 is 15.2 Å². The van der Waals surface area contributed by atoms with Crippen molar-refractivity contribution < 1.29 is 9.47 Å². The molecule has 20 heavy (non-hydrogen) atoms. The maximum absolute atomic E-state index is 5.86. The molecule has 3 nitrogen and oxygen atoms in total. The van der Waals surface area contributed by atoms with E-state index in [4.69, 9.17) is 15.2 Å². The van der Waals surface area contributed by atoms with Crippen molar-refractivity contribution in [3.05, 3.63) is 52.5 Å². The van der Waals surface area contributed by atoms with Gasteiger partial charge in [0, 0.05) is 15.7 Å². The van der Waals surface area contributed by atoms with Gasteiger partial charge in [-0.25, -0.2) is 0 Å². The molecule has 0 aliphatic heterocycles. The summed E-state index contributed by atoms with van der Waals surface area (Å²) in [5.41, 5.74) is 7.58. The van der Waals surface area contributed by atoms with Gasteiger partial charge in [0.05, 0.1) is 6.61 Å². The molecule has 0 spiro atoms. The summed E-state index contributed by atoms with van der Waals surface area (Å²) in [5, 5.41) is 0. The molecule has 4 heteroatoms. The first kappa shape index (κ1) is 14.7. The lowest BCUT2D eigenvalue weighted by atomic mass is 10.2. The van der Waals surface area contributed by atoms with Crippen LogP contribution in [0, 0.1) is 0 Å². The molecule has 0 heterocycles. The minimum Gasteiger partial charge on any atom is -0.490 e. The number of nitrogens with two attached hydrogens (primary N) is 1. The lowest BCUT2D eigenvalue weighted by Gasteiger charge is -2.13. The summed E-state index contributed by atoms with van der Waals surface area (Å²) < 4.78 is 12.4. The van der Waals surface area contributed by atoms with E-state index in [1.165, 1.54) is 0 Å². The second kappa shape index (κ2) is 7.20. The van der Waals surface area contributed by atoms with Crippen LogP contribution in [0.15, 0.2) is 46.9 Å². The summed E-state index contributed by atoms with van der Waals surface area (Å²) >= 11 is 3.48. The largest absolute Gasteiger partial charge is 0.490 e. The van der Waals surface area contributed by atoms with Crippen LogP contribution in [0.1, 0.15) is 18.9 Å². The minimum absolute atomic E-state index is 0.443. The number of para-hydroxylation sites is 2. The van der Waals surface area contributed by atoms with Crippen molar-refractivity contribution in [3.8, 4) is 11.5 Å². The summed E-state index contributed by atoms with van der Waals surface area (Å²) in [5.74, 6) is 1.52. The molecule has 0 saturated carbocycles. The number of hydrogen-bond acceptors (Lipinski definition) is 3. The standard InChI is InChI=1S/C16H18BrNO2/c1-2-10-19-14-8-3-4-9-15(14)20-11-12-6-5-7-13(18)16(12)17/h3-9H,2,10-11,18H2,1H3. The van der Waals surface area contributed by atoms with Gasteiger partial charge in [0.2, 0.25) is 0 Å². The molecule has 0 saturated heterocycles. The highest BCUT2D eigenvalue weighted by Gasteiger charge is 2.07. The zero-order chi connectivity index (χ0) is 14.4. The molecule has 0 atom stereocenters. The van der Waals surface area contributed by atoms with Crippen LogP contribution in [0.25, 0.3) is 0 Å². The number of benzene rings is 2. The molecule has 2 aromatic carbocycles. The van der Waals surface area contributed by atoms with Crippen molar-refractivity contribution in [3.63, 3.8) is 0 Å². The first-order valence-electron chi connectivity index (χ1n) is 6.60. The van der Waals surface area contributed by atoms with Crippen molar-refractivity contribution in [2.24, 2.45) is 0 Å². The average molecular weight is 336 g/mol. The van der Waals surface area contributed by atoms with Crippen LogP contribution in [-0.2, 0) is 6.61 Å². The number of hydrogen-bond donors (Lipinski definition) is 1. The topological polar surface area (TPSA) is 44.5 Å². The van der Waals surface area contributed by atoms with Gasteiger partial charge in [0.15, 0.2) is 11.5 Å². The monoisotopic (exact) mass is 335 g/mol. The van der Waals surface area contributed by atoms with E-state index in [-0.39, 0.29) is 0 Å². The Labute approximate surface area is 127 Å². The molecular weight excluding hydrogens is 318 g/mol.